The highest BCUT2D eigenvalue weighted by atomic mass is 32.1. The molecule has 8 aromatic rings. The summed E-state index contributed by atoms with van der Waals surface area (Å²) in [7, 11) is 0. The fourth-order valence-electron chi connectivity index (χ4n) is 16.9. The number of unbranched alkanes of at least 4 members (excludes halogenated alkanes) is 1. The number of carboxylic acids is 1. The van der Waals surface area contributed by atoms with Crippen LogP contribution in [0, 0.1) is 13.8 Å². The third-order valence-electron chi connectivity index (χ3n) is 23.8. The fraction of sp³-hybridized carbons (Fsp3) is 0.456. The quantitative estimate of drug-likeness (QED) is 0.00999. The Labute approximate surface area is 877 Å². The number of hydrogen-bond donors (Lipinski definition) is 11. The van der Waals surface area contributed by atoms with E-state index in [1.165, 1.54) is 78.7 Å². The van der Waals surface area contributed by atoms with Gasteiger partial charge in [-0.2, -0.15) is 8.78 Å². The highest BCUT2D eigenvalue weighted by molar-refractivity contribution is 7.81. The molecule has 1 saturated heterocycles. The number of ether oxygens (including phenoxy) is 10. The van der Waals surface area contributed by atoms with E-state index in [-0.39, 0.29) is 128 Å². The molecule has 1 aliphatic heterocycles. The van der Waals surface area contributed by atoms with Crippen molar-refractivity contribution in [1.29, 1.82) is 0 Å². The summed E-state index contributed by atoms with van der Waals surface area (Å²) in [6.07, 6.45) is -11.6. The van der Waals surface area contributed by atoms with E-state index in [1.807, 2.05) is 51.1 Å². The molecule has 0 bridgehead atoms. The predicted octanol–water partition coefficient (Wildman–Crippen LogP) is 25.0. The molecule has 0 aromatic heterocycles. The Balaban J connectivity index is 0.000000206. The van der Waals surface area contributed by atoms with Crippen molar-refractivity contribution >= 4 is 116 Å². The molecule has 0 radical (unpaired) electrons. The summed E-state index contributed by atoms with van der Waals surface area (Å²) in [6, 6.07) is 40.9. The predicted molar refractivity (Wildman–Crippen MR) is 546 cm³/mol. The number of hydrogen-bond acceptors (Lipinski definition) is 19. The Bertz CT molecular complexity index is 5780. The third-order valence-corrected chi connectivity index (χ3v) is 24.7. The molecule has 5 fully saturated rings. The topological polar surface area (TPSA) is 304 Å². The van der Waals surface area contributed by atoms with Crippen molar-refractivity contribution in [3.63, 3.8) is 0 Å². The molecule has 818 valence electrons. The van der Waals surface area contributed by atoms with Gasteiger partial charge in [-0.3, -0.25) is 14.4 Å². The van der Waals surface area contributed by atoms with Gasteiger partial charge in [0.25, 0.3) is 11.8 Å². The molecular formula is C103H118F17N11O15S4. The Morgan fingerprint density at radius 2 is 0.687 bits per heavy atom. The van der Waals surface area contributed by atoms with E-state index in [0.717, 1.165) is 118 Å². The second-order valence-electron chi connectivity index (χ2n) is 36.1. The molecule has 4 saturated carbocycles. The van der Waals surface area contributed by atoms with E-state index in [0.29, 0.717) is 137 Å². The van der Waals surface area contributed by atoms with Crippen LogP contribution in [-0.2, 0) is 0 Å². The Hall–Kier alpha value is -12.6. The van der Waals surface area contributed by atoms with Crippen molar-refractivity contribution in [2.24, 2.45) is 0 Å². The van der Waals surface area contributed by atoms with Gasteiger partial charge in [-0.1, -0.05) is 63.1 Å². The first-order valence-electron chi connectivity index (χ1n) is 48.6. The Morgan fingerprint density at radius 1 is 0.353 bits per heavy atom. The summed E-state index contributed by atoms with van der Waals surface area (Å²) >= 11 is 21.4. The van der Waals surface area contributed by atoms with E-state index in [4.69, 9.17) is 67.8 Å². The van der Waals surface area contributed by atoms with Gasteiger partial charge in [0, 0.05) is 104 Å². The summed E-state index contributed by atoms with van der Waals surface area (Å²) in [6.45, 7) is 12.0. The van der Waals surface area contributed by atoms with Crippen LogP contribution in [0.2, 0.25) is 0 Å². The molecule has 0 atom stereocenters. The minimum atomic E-state index is -4.97. The minimum Gasteiger partial charge on any atom is -0.490 e. The maximum absolute atomic E-state index is 13.1. The largest absolute Gasteiger partial charge is 0.573 e. The molecule has 47 heteroatoms. The van der Waals surface area contributed by atoms with E-state index in [1.54, 1.807) is 24.3 Å². The minimum absolute atomic E-state index is 0.0216. The van der Waals surface area contributed by atoms with E-state index >= 15 is 0 Å². The smallest absolute Gasteiger partial charge is 0.490 e. The SMILES string of the molecule is CC(F)(F)Oc1cccc(NC(=S)NC2CCC(Oc3ccc(OC(F)(F)F)cc3C(=O)O)CC2)c1.CCCCC(=O)c1cc(OC(F)(F)F)ccc1OC1CCC(NC(=S)Nc2cccc(OC(F)(F)F)c2)CC1.CCCNC(=O)c1cc(OC2CCC(NC(=S)Nc3cccc(C)c3)CC2)ccc1C.O=C(NCCN1CCCCC1)c1cc(OC2CCC(NC(=S)Nc3cccc(OC(F)(F)F)c3)CC2)ccc1OC(F)(F)F. The zero-order valence-electron chi connectivity index (χ0n) is 82.3. The van der Waals surface area contributed by atoms with Gasteiger partial charge in [0.15, 0.2) is 26.2 Å². The number of rotatable bonds is 35. The summed E-state index contributed by atoms with van der Waals surface area (Å²) in [5, 5.41) is 41.1. The van der Waals surface area contributed by atoms with Crippen molar-refractivity contribution in [2.45, 2.75) is 269 Å². The lowest BCUT2D eigenvalue weighted by atomic mass is 9.93. The number of anilines is 4. The number of carbonyl (C=O) groups is 4. The van der Waals surface area contributed by atoms with Gasteiger partial charge in [-0.05, 0) is 331 Å². The van der Waals surface area contributed by atoms with E-state index in [9.17, 15) is 98.9 Å². The second-order valence-corrected chi connectivity index (χ2v) is 37.7. The number of thiocarbonyl (C=S) groups is 4. The molecular weight excluding hydrogens is 2080 g/mol. The number of piperidine rings is 1. The highest BCUT2D eigenvalue weighted by Gasteiger charge is 2.39. The van der Waals surface area contributed by atoms with Crippen LogP contribution in [0.5, 0.6) is 57.5 Å². The number of benzene rings is 8. The van der Waals surface area contributed by atoms with Gasteiger partial charge in [-0.15, -0.1) is 65.9 Å². The molecule has 2 amide bonds. The third kappa shape index (κ3) is 44.1. The number of nitrogens with zero attached hydrogens (tertiary/aromatic N) is 1. The second kappa shape index (κ2) is 56.5. The van der Waals surface area contributed by atoms with Crippen LogP contribution in [0.4, 0.5) is 97.4 Å². The fourth-order valence-corrected chi connectivity index (χ4v) is 18.0. The number of carbonyl (C=O) groups excluding carboxylic acids is 3. The van der Waals surface area contributed by atoms with Crippen LogP contribution in [0.15, 0.2) is 170 Å². The van der Waals surface area contributed by atoms with Gasteiger partial charge in [-0.25, -0.2) is 4.79 Å². The maximum atomic E-state index is 13.1. The number of aromatic carboxylic acids is 1. The van der Waals surface area contributed by atoms with Gasteiger partial charge >= 0.3 is 43.9 Å². The highest BCUT2D eigenvalue weighted by Crippen LogP contribution is 2.39. The van der Waals surface area contributed by atoms with Crippen molar-refractivity contribution in [3.8, 4) is 57.5 Å². The molecule has 11 N–H and O–H groups in total. The van der Waals surface area contributed by atoms with Gasteiger partial charge in [0.2, 0.25) is 0 Å². The van der Waals surface area contributed by atoms with Crippen LogP contribution >= 0.6 is 48.9 Å². The number of halogens is 17. The molecule has 5 aliphatic rings. The average molecular weight is 2200 g/mol. The first kappa shape index (κ1) is 119. The van der Waals surface area contributed by atoms with Gasteiger partial charge in [0.05, 0.1) is 35.5 Å². The lowest BCUT2D eigenvalue weighted by Gasteiger charge is -2.30. The summed E-state index contributed by atoms with van der Waals surface area (Å²) in [5.74, 6) is -3.84. The molecule has 4 aliphatic carbocycles. The Morgan fingerprint density at radius 3 is 1.07 bits per heavy atom. The molecule has 150 heavy (non-hydrogen) atoms. The summed E-state index contributed by atoms with van der Waals surface area (Å²) in [4.78, 5) is 51.6. The zero-order chi connectivity index (χ0) is 109. The number of carboxylic acid groups (broad SMARTS) is 1. The molecule has 1 heterocycles. The molecule has 0 spiro atoms. The Kier molecular flexibility index (Phi) is 44.9. The summed E-state index contributed by atoms with van der Waals surface area (Å²) < 4.78 is 264. The number of aryl methyl sites for hydroxylation is 2. The molecule has 8 aromatic carbocycles. The zero-order valence-corrected chi connectivity index (χ0v) is 85.5. The lowest BCUT2D eigenvalue weighted by molar-refractivity contribution is -0.275. The van der Waals surface area contributed by atoms with Crippen molar-refractivity contribution in [1.82, 2.24) is 36.8 Å². The number of likely N-dealkylation sites (tertiary alicyclic amines) is 1. The molecule has 26 nitrogen and oxygen atoms in total. The lowest BCUT2D eigenvalue weighted by Crippen LogP contribution is -2.41. The summed E-state index contributed by atoms with van der Waals surface area (Å²) in [5.41, 5.74) is 4.31. The van der Waals surface area contributed by atoms with Crippen LogP contribution in [0.1, 0.15) is 221 Å². The van der Waals surface area contributed by atoms with Gasteiger partial charge in [0.1, 0.15) is 63.1 Å². The first-order valence-corrected chi connectivity index (χ1v) is 50.3. The molecule has 13 rings (SSSR count). The normalized spacial score (nSPS) is 18.4. The maximum Gasteiger partial charge on any atom is 0.573 e. The number of Topliss-reactive ketones (excluding diaryl/α,β-unsaturated/α-hetero) is 1. The van der Waals surface area contributed by atoms with E-state index < -0.39 is 72.6 Å². The van der Waals surface area contributed by atoms with Crippen LogP contribution in [0.25, 0.3) is 0 Å². The number of nitrogens with one attached hydrogen (secondary N) is 10. The average Bonchev–Trinajstić information content (AvgIpc) is 0.802. The first-order chi connectivity index (χ1) is 70.8. The van der Waals surface area contributed by atoms with Crippen LogP contribution < -0.4 is 101 Å². The van der Waals surface area contributed by atoms with Crippen molar-refractivity contribution in [2.75, 3.05) is 54.0 Å². The number of amides is 2. The van der Waals surface area contributed by atoms with Crippen molar-refractivity contribution < 1.29 is 146 Å². The monoisotopic (exact) mass is 2200 g/mol. The van der Waals surface area contributed by atoms with Gasteiger partial charge < -0.3 is 111 Å². The van der Waals surface area contributed by atoms with Crippen LogP contribution in [0.3, 0.4) is 0 Å². The van der Waals surface area contributed by atoms with Crippen LogP contribution in [-0.4, -0.2) is 173 Å². The number of alkyl halides is 17. The standard InChI is InChI=1S/C29H34F6N4O4S.C26H28F6N2O4S.C25H33N3O2S.C23H23F5N2O5S/c30-28(31,32)42-23-6-4-5-20(17-23)38-27(44)37-19-7-9-21(10-8-19)41-22-11-12-25(43-29(33,34)35)24(18-22)26(40)36-13-16-39-14-2-1-3-15-39;1-2-3-7-22(35)21-15-20(38-26(30,31)32)12-13-23(21)36-18-10-8-16(9-11-18)33-24(39)34-17-5-4-6-19(14-17)37-25(27,28)29;1-4-14-26-24(29)23-16-22(11-8-18(23)3)30-21-12-9-19(10-13-21)27-25(31)28-20-7-5-6-17(2)15-20;1-22(24,25)34-16-4-2-3-14(11-16)30-21(36)29-13-5-7-15(8-6-13)33-19-10-9-17(35-23(26,27)28)12-18(19)20(31)32/h4-6,11-12,17-19,21H,1-3,7-10,13-16H2,(H,36,40)(H2,37,38,44);4-6,12-16,18H,2-3,7-11H2,1H3,(H2,33,34,39);5-8,11,15-16,19,21H,4,9-10,12-14H2,1-3H3,(H,26,29)(H2,27,28,31);2-4,9-13,15H,5-8H2,1H3,(H,31,32)(H2,29,30,36). The number of ketones is 1. The van der Waals surface area contributed by atoms with Crippen molar-refractivity contribution in [3.05, 3.63) is 203 Å². The van der Waals surface area contributed by atoms with E-state index in [2.05, 4.69) is 106 Å². The molecule has 0 unspecified atom stereocenters.